The maximum absolute atomic E-state index is 5.38. The zero-order valence-corrected chi connectivity index (χ0v) is 11.8. The Balaban J connectivity index is 1.82. The number of rotatable bonds is 4. The van der Waals surface area contributed by atoms with Gasteiger partial charge in [0.2, 0.25) is 0 Å². The predicted octanol–water partition coefficient (Wildman–Crippen LogP) is 2.20. The Morgan fingerprint density at radius 2 is 2.11 bits per heavy atom. The molecule has 2 heterocycles. The third kappa shape index (κ3) is 4.42. The van der Waals surface area contributed by atoms with E-state index in [1.54, 1.807) is 0 Å². The van der Waals surface area contributed by atoms with E-state index in [2.05, 4.69) is 42.1 Å². The van der Waals surface area contributed by atoms with E-state index in [4.69, 9.17) is 4.74 Å². The lowest BCUT2D eigenvalue weighted by atomic mass is 10.0. The summed E-state index contributed by atoms with van der Waals surface area (Å²) in [5.74, 6) is 0.724. The van der Waals surface area contributed by atoms with E-state index in [-0.39, 0.29) is 5.54 Å². The van der Waals surface area contributed by atoms with Gasteiger partial charge in [-0.25, -0.2) is 0 Å². The lowest BCUT2D eigenvalue weighted by Gasteiger charge is -2.21. The van der Waals surface area contributed by atoms with Gasteiger partial charge in [-0.2, -0.15) is 5.10 Å². The quantitative estimate of drug-likeness (QED) is 0.891. The molecule has 0 aliphatic carbocycles. The van der Waals surface area contributed by atoms with Gasteiger partial charge in [-0.3, -0.25) is 4.68 Å². The molecule has 1 aromatic rings. The Bertz CT molecular complexity index is 361. The maximum atomic E-state index is 5.38. The smallest absolute Gasteiger partial charge is 0.0534 e. The van der Waals surface area contributed by atoms with Gasteiger partial charge < -0.3 is 10.1 Å². The molecule has 0 spiro atoms. The van der Waals surface area contributed by atoms with Gasteiger partial charge in [0.25, 0.3) is 0 Å². The normalized spacial score (nSPS) is 18.2. The topological polar surface area (TPSA) is 39.1 Å². The van der Waals surface area contributed by atoms with Crippen molar-refractivity contribution in [1.29, 1.82) is 0 Å². The Morgan fingerprint density at radius 3 is 2.78 bits per heavy atom. The van der Waals surface area contributed by atoms with Crippen molar-refractivity contribution >= 4 is 0 Å². The van der Waals surface area contributed by atoms with Crippen LogP contribution in [0.1, 0.15) is 39.2 Å². The monoisotopic (exact) mass is 251 g/mol. The molecule has 102 valence electrons. The third-order valence-electron chi connectivity index (χ3n) is 3.30. The van der Waals surface area contributed by atoms with E-state index >= 15 is 0 Å². The van der Waals surface area contributed by atoms with Gasteiger partial charge >= 0.3 is 0 Å². The summed E-state index contributed by atoms with van der Waals surface area (Å²) >= 11 is 0. The summed E-state index contributed by atoms with van der Waals surface area (Å²) in [6, 6.07) is 0. The molecule has 0 bridgehead atoms. The molecule has 2 rings (SSSR count). The van der Waals surface area contributed by atoms with E-state index in [1.807, 2.05) is 6.20 Å². The van der Waals surface area contributed by atoms with Crippen molar-refractivity contribution in [2.45, 2.75) is 52.2 Å². The molecule has 1 saturated heterocycles. The highest BCUT2D eigenvalue weighted by molar-refractivity contribution is 5.04. The minimum absolute atomic E-state index is 0.156. The Hall–Kier alpha value is -0.870. The zero-order chi connectivity index (χ0) is 13.0. The summed E-state index contributed by atoms with van der Waals surface area (Å²) in [4.78, 5) is 0. The van der Waals surface area contributed by atoms with Crippen LogP contribution in [0.15, 0.2) is 12.4 Å². The van der Waals surface area contributed by atoms with Crippen molar-refractivity contribution in [2.24, 2.45) is 5.92 Å². The summed E-state index contributed by atoms with van der Waals surface area (Å²) in [6.07, 6.45) is 6.46. The van der Waals surface area contributed by atoms with Crippen LogP contribution in [0, 0.1) is 5.92 Å². The van der Waals surface area contributed by atoms with Crippen LogP contribution in [0.2, 0.25) is 0 Å². The van der Waals surface area contributed by atoms with Crippen LogP contribution in [0.4, 0.5) is 0 Å². The Morgan fingerprint density at radius 1 is 1.39 bits per heavy atom. The molecule has 1 aliphatic rings. The first-order chi connectivity index (χ1) is 8.53. The summed E-state index contributed by atoms with van der Waals surface area (Å²) in [6.45, 7) is 10.3. The molecule has 0 aromatic carbocycles. The van der Waals surface area contributed by atoms with Crippen LogP contribution in [-0.4, -0.2) is 28.5 Å². The van der Waals surface area contributed by atoms with Crippen LogP contribution in [0.25, 0.3) is 0 Å². The van der Waals surface area contributed by atoms with Crippen LogP contribution >= 0.6 is 0 Å². The van der Waals surface area contributed by atoms with Crippen molar-refractivity contribution in [3.8, 4) is 0 Å². The fourth-order valence-electron chi connectivity index (χ4n) is 2.16. The zero-order valence-electron chi connectivity index (χ0n) is 11.8. The van der Waals surface area contributed by atoms with Crippen molar-refractivity contribution in [3.05, 3.63) is 18.0 Å². The summed E-state index contributed by atoms with van der Waals surface area (Å²) in [5, 5.41) is 7.93. The lowest BCUT2D eigenvalue weighted by Crippen LogP contribution is -2.34. The van der Waals surface area contributed by atoms with E-state index in [0.29, 0.717) is 0 Å². The van der Waals surface area contributed by atoms with E-state index < -0.39 is 0 Å². The Labute approximate surface area is 110 Å². The molecular weight excluding hydrogens is 226 g/mol. The summed E-state index contributed by atoms with van der Waals surface area (Å²) in [5.41, 5.74) is 1.42. The number of hydrogen-bond donors (Lipinski definition) is 1. The first-order valence-electron chi connectivity index (χ1n) is 6.87. The lowest BCUT2D eigenvalue weighted by molar-refractivity contribution is 0.0601. The van der Waals surface area contributed by atoms with Crippen molar-refractivity contribution in [2.75, 3.05) is 13.2 Å². The molecule has 4 nitrogen and oxygen atoms in total. The number of ether oxygens (including phenoxy) is 1. The number of nitrogens with zero attached hydrogens (tertiary/aromatic N) is 2. The van der Waals surface area contributed by atoms with Gasteiger partial charge in [0, 0.05) is 43.6 Å². The van der Waals surface area contributed by atoms with E-state index in [9.17, 15) is 0 Å². The number of nitrogens with one attached hydrogen (secondary N) is 1. The van der Waals surface area contributed by atoms with Gasteiger partial charge in [-0.1, -0.05) is 0 Å². The highest BCUT2D eigenvalue weighted by Gasteiger charge is 2.15. The minimum atomic E-state index is 0.156. The summed E-state index contributed by atoms with van der Waals surface area (Å²) in [7, 11) is 0. The average Bonchev–Trinajstić information content (AvgIpc) is 2.75. The van der Waals surface area contributed by atoms with Gasteiger partial charge in [0.05, 0.1) is 6.20 Å². The van der Waals surface area contributed by atoms with Gasteiger partial charge in [0.1, 0.15) is 0 Å². The first-order valence-corrected chi connectivity index (χ1v) is 6.87. The molecule has 1 fully saturated rings. The second kappa shape index (κ2) is 5.85. The molecule has 1 N–H and O–H groups in total. The van der Waals surface area contributed by atoms with E-state index in [0.717, 1.165) is 45.1 Å². The van der Waals surface area contributed by atoms with Crippen LogP contribution in [-0.2, 0) is 17.8 Å². The van der Waals surface area contributed by atoms with Crippen LogP contribution < -0.4 is 5.32 Å². The highest BCUT2D eigenvalue weighted by Crippen LogP contribution is 2.16. The number of hydrogen-bond acceptors (Lipinski definition) is 3. The molecule has 18 heavy (non-hydrogen) atoms. The molecule has 4 heteroatoms. The molecule has 0 saturated carbocycles. The second-order valence-electron chi connectivity index (χ2n) is 6.23. The molecule has 0 amide bonds. The van der Waals surface area contributed by atoms with Gasteiger partial charge in [0.15, 0.2) is 0 Å². The van der Waals surface area contributed by atoms with Crippen LogP contribution in [0.3, 0.4) is 0 Å². The first kappa shape index (κ1) is 13.6. The molecule has 0 atom stereocenters. The largest absolute Gasteiger partial charge is 0.381 e. The highest BCUT2D eigenvalue weighted by atomic mass is 16.5. The molecule has 0 radical (unpaired) electrons. The van der Waals surface area contributed by atoms with Crippen LogP contribution in [0.5, 0.6) is 0 Å². The Kier molecular flexibility index (Phi) is 4.40. The molecule has 0 unspecified atom stereocenters. The average molecular weight is 251 g/mol. The molecule has 1 aliphatic heterocycles. The fourth-order valence-corrected chi connectivity index (χ4v) is 2.16. The second-order valence-corrected chi connectivity index (χ2v) is 6.23. The van der Waals surface area contributed by atoms with E-state index in [1.165, 1.54) is 5.56 Å². The van der Waals surface area contributed by atoms with Gasteiger partial charge in [-0.05, 0) is 39.5 Å². The van der Waals surface area contributed by atoms with Gasteiger partial charge in [-0.15, -0.1) is 0 Å². The summed E-state index contributed by atoms with van der Waals surface area (Å²) < 4.78 is 7.46. The standard InChI is InChI=1S/C14H25N3O/c1-14(2,3)15-8-13-9-16-17(11-13)10-12-4-6-18-7-5-12/h9,11-12,15H,4-8,10H2,1-3H3. The third-order valence-corrected chi connectivity index (χ3v) is 3.30. The van der Waals surface area contributed by atoms with Crippen molar-refractivity contribution in [1.82, 2.24) is 15.1 Å². The van der Waals surface area contributed by atoms with Crippen molar-refractivity contribution < 1.29 is 4.74 Å². The SMILES string of the molecule is CC(C)(C)NCc1cnn(CC2CCOCC2)c1. The molecular formula is C14H25N3O. The fraction of sp³-hybridized carbons (Fsp3) is 0.786. The molecule has 1 aromatic heterocycles. The maximum Gasteiger partial charge on any atom is 0.0534 e. The predicted molar refractivity (Wildman–Crippen MR) is 72.4 cm³/mol. The minimum Gasteiger partial charge on any atom is -0.381 e. The number of aromatic nitrogens is 2. The van der Waals surface area contributed by atoms with Crippen molar-refractivity contribution in [3.63, 3.8) is 0 Å².